The summed E-state index contributed by atoms with van der Waals surface area (Å²) < 4.78 is 13.0. The van der Waals surface area contributed by atoms with Crippen LogP contribution in [0.25, 0.3) is 0 Å². The Morgan fingerprint density at radius 1 is 1.33 bits per heavy atom. The van der Waals surface area contributed by atoms with E-state index in [1.54, 1.807) is 12.1 Å². The molecular weight excluding hydrogens is 198 g/mol. The Labute approximate surface area is 81.3 Å². The first-order chi connectivity index (χ1) is 5.74. The molecule has 0 aliphatic rings. The first kappa shape index (κ1) is 9.82. The number of rotatable bonds is 3. The van der Waals surface area contributed by atoms with E-state index in [1.807, 2.05) is 0 Å². The van der Waals surface area contributed by atoms with E-state index in [2.05, 4.69) is 0 Å². The summed E-state index contributed by atoms with van der Waals surface area (Å²) in [6, 6.07) is 4.57. The van der Waals surface area contributed by atoms with Crippen molar-refractivity contribution in [2.75, 3.05) is 5.88 Å². The van der Waals surface area contributed by atoms with Crippen molar-refractivity contribution >= 4 is 23.2 Å². The van der Waals surface area contributed by atoms with Crippen molar-refractivity contribution in [2.45, 2.75) is 12.8 Å². The lowest BCUT2D eigenvalue weighted by Gasteiger charge is -2.01. The third-order valence-corrected chi connectivity index (χ3v) is 2.09. The molecule has 1 rings (SSSR count). The highest BCUT2D eigenvalue weighted by Crippen LogP contribution is 2.16. The van der Waals surface area contributed by atoms with Gasteiger partial charge in [-0.25, -0.2) is 4.39 Å². The first-order valence-corrected chi connectivity index (χ1v) is 4.65. The highest BCUT2D eigenvalue weighted by atomic mass is 35.5. The van der Waals surface area contributed by atoms with Gasteiger partial charge in [-0.15, -0.1) is 11.6 Å². The van der Waals surface area contributed by atoms with Gasteiger partial charge in [-0.1, -0.05) is 11.6 Å². The van der Waals surface area contributed by atoms with Gasteiger partial charge in [0.25, 0.3) is 0 Å². The van der Waals surface area contributed by atoms with Crippen molar-refractivity contribution in [3.8, 4) is 0 Å². The van der Waals surface area contributed by atoms with E-state index in [-0.39, 0.29) is 5.82 Å². The predicted molar refractivity (Wildman–Crippen MR) is 50.5 cm³/mol. The molecule has 0 radical (unpaired) electrons. The standard InChI is InChI=1S/C9H9Cl2F/c10-5-1-2-7-6-8(11)3-4-9(7)12/h3-4,6H,1-2,5H2. The topological polar surface area (TPSA) is 0 Å². The minimum absolute atomic E-state index is 0.204. The lowest BCUT2D eigenvalue weighted by Crippen LogP contribution is -1.90. The maximum Gasteiger partial charge on any atom is 0.126 e. The first-order valence-electron chi connectivity index (χ1n) is 3.74. The number of halogens is 3. The summed E-state index contributed by atoms with van der Waals surface area (Å²) in [5.41, 5.74) is 0.642. The van der Waals surface area contributed by atoms with Crippen molar-refractivity contribution in [3.05, 3.63) is 34.6 Å². The fraction of sp³-hybridized carbons (Fsp3) is 0.333. The number of hydrogen-bond donors (Lipinski definition) is 0. The fourth-order valence-corrected chi connectivity index (χ4v) is 1.32. The van der Waals surface area contributed by atoms with Crippen molar-refractivity contribution in [3.63, 3.8) is 0 Å². The third kappa shape index (κ3) is 2.65. The summed E-state index contributed by atoms with van der Waals surface area (Å²) in [6.45, 7) is 0. The Hall–Kier alpha value is -0.270. The summed E-state index contributed by atoms with van der Waals surface area (Å²) in [7, 11) is 0. The van der Waals surface area contributed by atoms with Crippen LogP contribution in [0.2, 0.25) is 5.02 Å². The molecule has 0 amide bonds. The van der Waals surface area contributed by atoms with Crippen LogP contribution in [0, 0.1) is 5.82 Å². The summed E-state index contributed by atoms with van der Waals surface area (Å²) in [5, 5.41) is 0.570. The van der Waals surface area contributed by atoms with Crippen molar-refractivity contribution in [1.29, 1.82) is 0 Å². The molecule has 0 unspecified atom stereocenters. The molecule has 66 valence electrons. The number of aryl methyl sites for hydroxylation is 1. The van der Waals surface area contributed by atoms with Crippen LogP contribution in [0.1, 0.15) is 12.0 Å². The molecule has 1 aromatic rings. The van der Waals surface area contributed by atoms with E-state index in [4.69, 9.17) is 23.2 Å². The van der Waals surface area contributed by atoms with Gasteiger partial charge in [0.1, 0.15) is 5.82 Å². The largest absolute Gasteiger partial charge is 0.207 e. The van der Waals surface area contributed by atoms with Crippen LogP contribution in [0.5, 0.6) is 0 Å². The lowest BCUT2D eigenvalue weighted by molar-refractivity contribution is 0.607. The van der Waals surface area contributed by atoms with Gasteiger partial charge >= 0.3 is 0 Å². The Bertz CT molecular complexity index is 261. The van der Waals surface area contributed by atoms with Crippen LogP contribution in [-0.2, 0) is 6.42 Å². The van der Waals surface area contributed by atoms with E-state index < -0.39 is 0 Å². The van der Waals surface area contributed by atoms with Crippen LogP contribution in [-0.4, -0.2) is 5.88 Å². The smallest absolute Gasteiger partial charge is 0.126 e. The zero-order valence-electron chi connectivity index (χ0n) is 6.49. The summed E-state index contributed by atoms with van der Waals surface area (Å²) in [5.74, 6) is 0.343. The maximum absolute atomic E-state index is 13.0. The molecule has 0 spiro atoms. The van der Waals surface area contributed by atoms with Gasteiger partial charge in [-0.2, -0.15) is 0 Å². The second kappa shape index (κ2) is 4.68. The Morgan fingerprint density at radius 3 is 2.75 bits per heavy atom. The minimum atomic E-state index is -0.204. The molecular formula is C9H9Cl2F. The summed E-state index contributed by atoms with van der Waals surface area (Å²) in [4.78, 5) is 0. The van der Waals surface area contributed by atoms with E-state index >= 15 is 0 Å². The van der Waals surface area contributed by atoms with Gasteiger partial charge in [-0.3, -0.25) is 0 Å². The average Bonchev–Trinajstić information content (AvgIpc) is 2.07. The number of benzene rings is 1. The second-order valence-corrected chi connectivity index (χ2v) is 3.34. The van der Waals surface area contributed by atoms with Gasteiger partial charge in [-0.05, 0) is 36.6 Å². The third-order valence-electron chi connectivity index (χ3n) is 1.59. The van der Waals surface area contributed by atoms with E-state index in [1.165, 1.54) is 6.07 Å². The van der Waals surface area contributed by atoms with E-state index in [0.717, 1.165) is 6.42 Å². The second-order valence-electron chi connectivity index (χ2n) is 2.53. The molecule has 0 bridgehead atoms. The SMILES string of the molecule is Fc1ccc(Cl)cc1CCCCl. The molecule has 0 nitrogen and oxygen atoms in total. The number of alkyl halides is 1. The fourth-order valence-electron chi connectivity index (χ4n) is 0.992. The zero-order chi connectivity index (χ0) is 8.97. The van der Waals surface area contributed by atoms with Crippen LogP contribution < -0.4 is 0 Å². The molecule has 0 atom stereocenters. The average molecular weight is 207 g/mol. The van der Waals surface area contributed by atoms with E-state index in [0.29, 0.717) is 22.9 Å². The Morgan fingerprint density at radius 2 is 2.08 bits per heavy atom. The summed E-state index contributed by atoms with van der Waals surface area (Å²) in [6.07, 6.45) is 1.43. The van der Waals surface area contributed by atoms with Gasteiger partial charge in [0, 0.05) is 10.9 Å². The van der Waals surface area contributed by atoms with Crippen molar-refractivity contribution in [1.82, 2.24) is 0 Å². The van der Waals surface area contributed by atoms with Crippen LogP contribution in [0.3, 0.4) is 0 Å². The van der Waals surface area contributed by atoms with Crippen molar-refractivity contribution in [2.24, 2.45) is 0 Å². The predicted octanol–water partition coefficient (Wildman–Crippen LogP) is 3.65. The molecule has 12 heavy (non-hydrogen) atoms. The maximum atomic E-state index is 13.0. The molecule has 1 aromatic carbocycles. The van der Waals surface area contributed by atoms with Gasteiger partial charge in [0.2, 0.25) is 0 Å². The van der Waals surface area contributed by atoms with Crippen LogP contribution in [0.15, 0.2) is 18.2 Å². The molecule has 0 saturated carbocycles. The summed E-state index contributed by atoms with van der Waals surface area (Å²) >= 11 is 11.2. The molecule has 0 N–H and O–H groups in total. The molecule has 0 fully saturated rings. The van der Waals surface area contributed by atoms with E-state index in [9.17, 15) is 4.39 Å². The minimum Gasteiger partial charge on any atom is -0.207 e. The van der Waals surface area contributed by atoms with Crippen LogP contribution >= 0.6 is 23.2 Å². The van der Waals surface area contributed by atoms with Crippen molar-refractivity contribution < 1.29 is 4.39 Å². The van der Waals surface area contributed by atoms with Crippen LogP contribution in [0.4, 0.5) is 4.39 Å². The molecule has 0 heterocycles. The Balaban J connectivity index is 2.75. The monoisotopic (exact) mass is 206 g/mol. The van der Waals surface area contributed by atoms with Gasteiger partial charge in [0.15, 0.2) is 0 Å². The number of hydrogen-bond acceptors (Lipinski definition) is 0. The quantitative estimate of drug-likeness (QED) is 0.663. The van der Waals surface area contributed by atoms with Gasteiger partial charge < -0.3 is 0 Å². The lowest BCUT2D eigenvalue weighted by atomic mass is 10.1. The normalized spacial score (nSPS) is 10.2. The molecule has 3 heteroatoms. The Kier molecular flexibility index (Phi) is 3.83. The molecule has 0 aliphatic carbocycles. The zero-order valence-corrected chi connectivity index (χ0v) is 8.00. The molecule has 0 aromatic heterocycles. The highest BCUT2D eigenvalue weighted by molar-refractivity contribution is 6.30. The highest BCUT2D eigenvalue weighted by Gasteiger charge is 2.01. The molecule has 0 aliphatic heterocycles. The molecule has 0 saturated heterocycles. The van der Waals surface area contributed by atoms with Gasteiger partial charge in [0.05, 0.1) is 0 Å².